The number of aromatic amines is 1. The molecule has 3 heterocycles. The summed E-state index contributed by atoms with van der Waals surface area (Å²) in [7, 11) is 1.61. The molecule has 1 fully saturated rings. The minimum absolute atomic E-state index is 0.0740. The van der Waals surface area contributed by atoms with Crippen LogP contribution in [0.25, 0.3) is 33.1 Å². The van der Waals surface area contributed by atoms with Gasteiger partial charge in [0.05, 0.1) is 24.2 Å². The van der Waals surface area contributed by atoms with Gasteiger partial charge in [-0.2, -0.15) is 20.2 Å². The Morgan fingerprint density at radius 1 is 1.28 bits per heavy atom. The van der Waals surface area contributed by atoms with Crippen molar-refractivity contribution in [2.24, 2.45) is 0 Å². The highest BCUT2D eigenvalue weighted by Gasteiger charge is 2.41. The van der Waals surface area contributed by atoms with Crippen molar-refractivity contribution < 1.29 is 9.53 Å². The van der Waals surface area contributed by atoms with Crippen LogP contribution in [0.4, 0.5) is 5.95 Å². The normalized spacial score (nSPS) is 20.2. The SMILES string of the molecule is CCC(=O)NC1(C)CC(Nc2nc(OC)c3c(-c4ccc5nnccc5c4)c[nH]c3n2)C1. The third-order valence-corrected chi connectivity index (χ3v) is 6.01. The predicted molar refractivity (Wildman–Crippen MR) is 122 cm³/mol. The second-order valence-corrected chi connectivity index (χ2v) is 8.50. The number of nitrogens with zero attached hydrogens (tertiary/aromatic N) is 4. The average Bonchev–Trinajstić information content (AvgIpc) is 3.21. The maximum atomic E-state index is 11.7. The summed E-state index contributed by atoms with van der Waals surface area (Å²) in [6, 6.07) is 8.15. The zero-order valence-electron chi connectivity index (χ0n) is 18.3. The van der Waals surface area contributed by atoms with Gasteiger partial charge in [-0.25, -0.2) is 0 Å². The number of anilines is 1. The van der Waals surface area contributed by atoms with E-state index in [0.29, 0.717) is 23.9 Å². The number of hydrogen-bond acceptors (Lipinski definition) is 7. The van der Waals surface area contributed by atoms with E-state index < -0.39 is 0 Å². The van der Waals surface area contributed by atoms with Crippen LogP contribution in [0.15, 0.2) is 36.7 Å². The molecule has 164 valence electrons. The number of aromatic nitrogens is 5. The monoisotopic (exact) mass is 431 g/mol. The molecular weight excluding hydrogens is 406 g/mol. The summed E-state index contributed by atoms with van der Waals surface area (Å²) in [4.78, 5) is 24.3. The molecule has 0 unspecified atom stereocenters. The molecule has 0 radical (unpaired) electrons. The standard InChI is InChI=1S/C23H25N7O2/c1-4-18(31)29-23(2)10-15(11-23)26-22-27-20-19(21(28-22)32-3)16(12-24-20)13-5-6-17-14(9-13)7-8-25-30-17/h5-9,12,15H,4,10-11H2,1-3H3,(H,29,31)(H2,24,26,27,28). The zero-order valence-corrected chi connectivity index (χ0v) is 18.3. The van der Waals surface area contributed by atoms with Crippen molar-refractivity contribution in [3.8, 4) is 17.0 Å². The van der Waals surface area contributed by atoms with E-state index in [1.807, 2.05) is 31.3 Å². The van der Waals surface area contributed by atoms with Crippen LogP contribution in [0.5, 0.6) is 5.88 Å². The van der Waals surface area contributed by atoms with E-state index in [4.69, 9.17) is 4.74 Å². The summed E-state index contributed by atoms with van der Waals surface area (Å²) in [5.41, 5.74) is 3.33. The van der Waals surface area contributed by atoms with Crippen LogP contribution in [-0.2, 0) is 4.79 Å². The summed E-state index contributed by atoms with van der Waals surface area (Å²) >= 11 is 0. The topological polar surface area (TPSA) is 118 Å². The lowest BCUT2D eigenvalue weighted by Crippen LogP contribution is -2.59. The highest BCUT2D eigenvalue weighted by Crippen LogP contribution is 2.37. The molecule has 5 rings (SSSR count). The number of rotatable bonds is 6. The van der Waals surface area contributed by atoms with Crippen molar-refractivity contribution in [2.75, 3.05) is 12.4 Å². The number of carbonyl (C=O) groups excluding carboxylic acids is 1. The Bertz CT molecular complexity index is 1310. The fraction of sp³-hybridized carbons (Fsp3) is 0.348. The number of carbonyl (C=O) groups is 1. The highest BCUT2D eigenvalue weighted by molar-refractivity contribution is 5.99. The van der Waals surface area contributed by atoms with Crippen molar-refractivity contribution in [3.05, 3.63) is 36.7 Å². The molecule has 0 spiro atoms. The number of ether oxygens (including phenoxy) is 1. The van der Waals surface area contributed by atoms with Crippen LogP contribution < -0.4 is 15.4 Å². The third-order valence-electron chi connectivity index (χ3n) is 6.01. The molecule has 9 nitrogen and oxygen atoms in total. The second kappa shape index (κ2) is 7.74. The van der Waals surface area contributed by atoms with Crippen molar-refractivity contribution in [1.82, 2.24) is 30.5 Å². The van der Waals surface area contributed by atoms with Gasteiger partial charge in [-0.15, -0.1) is 0 Å². The smallest absolute Gasteiger partial charge is 0.228 e. The fourth-order valence-electron chi connectivity index (χ4n) is 4.44. The molecule has 3 aromatic heterocycles. The summed E-state index contributed by atoms with van der Waals surface area (Å²) in [6.45, 7) is 3.93. The first-order chi connectivity index (χ1) is 15.5. The van der Waals surface area contributed by atoms with Gasteiger partial charge in [0, 0.05) is 35.1 Å². The molecule has 0 saturated heterocycles. The third kappa shape index (κ3) is 3.59. The maximum absolute atomic E-state index is 11.7. The van der Waals surface area contributed by atoms with Crippen molar-refractivity contribution in [3.63, 3.8) is 0 Å². The van der Waals surface area contributed by atoms with Gasteiger partial charge in [-0.05, 0) is 43.5 Å². The van der Waals surface area contributed by atoms with Crippen LogP contribution in [0.3, 0.4) is 0 Å². The van der Waals surface area contributed by atoms with Gasteiger partial charge < -0.3 is 20.4 Å². The van der Waals surface area contributed by atoms with E-state index in [2.05, 4.69) is 48.8 Å². The predicted octanol–water partition coefficient (Wildman–Crippen LogP) is 3.44. The van der Waals surface area contributed by atoms with Gasteiger partial charge in [0.15, 0.2) is 0 Å². The summed E-state index contributed by atoms with van der Waals surface area (Å²) in [5, 5.41) is 16.4. The van der Waals surface area contributed by atoms with Gasteiger partial charge in [0.2, 0.25) is 17.7 Å². The van der Waals surface area contributed by atoms with Crippen LogP contribution in [0.1, 0.15) is 33.1 Å². The Morgan fingerprint density at radius 2 is 2.12 bits per heavy atom. The van der Waals surface area contributed by atoms with Crippen molar-refractivity contribution in [2.45, 2.75) is 44.7 Å². The molecule has 32 heavy (non-hydrogen) atoms. The van der Waals surface area contributed by atoms with Crippen molar-refractivity contribution in [1.29, 1.82) is 0 Å². The number of methoxy groups -OCH3 is 1. The molecule has 1 aliphatic rings. The van der Waals surface area contributed by atoms with Crippen LogP contribution in [-0.4, -0.2) is 49.7 Å². The first-order valence-corrected chi connectivity index (χ1v) is 10.7. The summed E-state index contributed by atoms with van der Waals surface area (Å²) in [6.07, 6.45) is 5.73. The van der Waals surface area contributed by atoms with E-state index in [0.717, 1.165) is 40.3 Å². The quantitative estimate of drug-likeness (QED) is 0.428. The fourth-order valence-corrected chi connectivity index (χ4v) is 4.44. The van der Waals surface area contributed by atoms with Crippen LogP contribution in [0, 0.1) is 0 Å². The Balaban J connectivity index is 1.41. The molecule has 4 aromatic rings. The molecule has 0 atom stereocenters. The van der Waals surface area contributed by atoms with Gasteiger partial charge in [0.25, 0.3) is 0 Å². The van der Waals surface area contributed by atoms with E-state index in [1.165, 1.54) is 0 Å². The Kier molecular flexibility index (Phi) is 4.88. The lowest BCUT2D eigenvalue weighted by molar-refractivity contribution is -0.123. The van der Waals surface area contributed by atoms with Gasteiger partial charge in [-0.3, -0.25) is 4.79 Å². The molecule has 1 saturated carbocycles. The summed E-state index contributed by atoms with van der Waals surface area (Å²) in [5.74, 6) is 1.08. The number of nitrogens with one attached hydrogen (secondary N) is 3. The van der Waals surface area contributed by atoms with Crippen LogP contribution >= 0.6 is 0 Å². The Hall–Kier alpha value is -3.75. The number of amides is 1. The van der Waals surface area contributed by atoms with Crippen LogP contribution in [0.2, 0.25) is 0 Å². The first-order valence-electron chi connectivity index (χ1n) is 10.7. The molecule has 9 heteroatoms. The van der Waals surface area contributed by atoms with E-state index in [9.17, 15) is 4.79 Å². The molecule has 3 N–H and O–H groups in total. The summed E-state index contributed by atoms with van der Waals surface area (Å²) < 4.78 is 5.63. The van der Waals surface area contributed by atoms with E-state index >= 15 is 0 Å². The molecular formula is C23H25N7O2. The Morgan fingerprint density at radius 3 is 2.91 bits per heavy atom. The molecule has 1 amide bonds. The van der Waals surface area contributed by atoms with E-state index in [-0.39, 0.29) is 17.5 Å². The largest absolute Gasteiger partial charge is 0.480 e. The van der Waals surface area contributed by atoms with Gasteiger partial charge in [0.1, 0.15) is 5.65 Å². The molecule has 0 bridgehead atoms. The van der Waals surface area contributed by atoms with E-state index in [1.54, 1.807) is 13.3 Å². The minimum atomic E-state index is -0.182. The lowest BCUT2D eigenvalue weighted by Gasteiger charge is -2.45. The minimum Gasteiger partial charge on any atom is -0.480 e. The van der Waals surface area contributed by atoms with Gasteiger partial charge >= 0.3 is 0 Å². The number of hydrogen-bond donors (Lipinski definition) is 3. The number of benzene rings is 1. The second-order valence-electron chi connectivity index (χ2n) is 8.50. The molecule has 0 aliphatic heterocycles. The average molecular weight is 432 g/mol. The zero-order chi connectivity index (χ0) is 22.3. The number of fused-ring (bicyclic) bond motifs is 2. The van der Waals surface area contributed by atoms with Gasteiger partial charge in [-0.1, -0.05) is 13.0 Å². The first kappa shape index (κ1) is 20.2. The Labute approximate surface area is 185 Å². The highest BCUT2D eigenvalue weighted by atomic mass is 16.5. The maximum Gasteiger partial charge on any atom is 0.228 e. The molecule has 1 aromatic carbocycles. The van der Waals surface area contributed by atoms with Crippen molar-refractivity contribution >= 4 is 33.8 Å². The lowest BCUT2D eigenvalue weighted by atomic mass is 9.74. The number of H-pyrrole nitrogens is 1. The molecule has 1 aliphatic carbocycles.